The van der Waals surface area contributed by atoms with Crippen molar-refractivity contribution in [2.24, 2.45) is 5.92 Å². The van der Waals surface area contributed by atoms with E-state index < -0.39 is 15.8 Å². The van der Waals surface area contributed by atoms with Gasteiger partial charge in [0.2, 0.25) is 10.0 Å². The lowest BCUT2D eigenvalue weighted by atomic mass is 10.0. The van der Waals surface area contributed by atoms with Crippen molar-refractivity contribution in [3.05, 3.63) is 29.6 Å². The maximum absolute atomic E-state index is 13.4. The van der Waals surface area contributed by atoms with Crippen molar-refractivity contribution >= 4 is 21.6 Å². The average molecular weight is 320 g/mol. The molecule has 1 aliphatic heterocycles. The first-order chi connectivity index (χ1) is 9.45. The van der Waals surface area contributed by atoms with E-state index in [2.05, 4.69) is 6.92 Å². The van der Waals surface area contributed by atoms with Crippen molar-refractivity contribution in [3.8, 4) is 0 Å². The maximum Gasteiger partial charge on any atom is 0.243 e. The molecule has 1 heterocycles. The summed E-state index contributed by atoms with van der Waals surface area (Å²) >= 11 is 5.78. The van der Waals surface area contributed by atoms with Gasteiger partial charge < -0.3 is 0 Å². The Morgan fingerprint density at radius 1 is 1.35 bits per heavy atom. The zero-order chi connectivity index (χ0) is 14.8. The minimum atomic E-state index is -3.67. The van der Waals surface area contributed by atoms with Gasteiger partial charge in [-0.1, -0.05) is 13.0 Å². The molecule has 6 heteroatoms. The summed E-state index contributed by atoms with van der Waals surface area (Å²) < 4.78 is 40.2. The molecule has 0 aromatic heterocycles. The van der Waals surface area contributed by atoms with Crippen molar-refractivity contribution < 1.29 is 12.8 Å². The highest BCUT2D eigenvalue weighted by molar-refractivity contribution is 7.89. The number of alkyl halides is 1. The molecule has 0 N–H and O–H groups in total. The predicted molar refractivity (Wildman–Crippen MR) is 77.7 cm³/mol. The van der Waals surface area contributed by atoms with E-state index >= 15 is 0 Å². The number of halogens is 2. The van der Waals surface area contributed by atoms with Crippen LogP contribution >= 0.6 is 11.6 Å². The maximum atomic E-state index is 13.4. The molecule has 0 bridgehead atoms. The van der Waals surface area contributed by atoms with E-state index in [-0.39, 0.29) is 10.8 Å². The van der Waals surface area contributed by atoms with E-state index in [0.29, 0.717) is 24.6 Å². The smallest absolute Gasteiger partial charge is 0.207 e. The van der Waals surface area contributed by atoms with Crippen LogP contribution in [0.4, 0.5) is 4.39 Å². The Hall–Kier alpha value is -0.650. The summed E-state index contributed by atoms with van der Waals surface area (Å²) in [4.78, 5) is 0.00190. The van der Waals surface area contributed by atoms with Crippen LogP contribution in [0.1, 0.15) is 31.7 Å². The van der Waals surface area contributed by atoms with Crippen LogP contribution in [0.5, 0.6) is 0 Å². The number of hydrogen-bond donors (Lipinski definition) is 0. The zero-order valence-electron chi connectivity index (χ0n) is 11.5. The van der Waals surface area contributed by atoms with Crippen molar-refractivity contribution in [2.45, 2.75) is 37.0 Å². The van der Waals surface area contributed by atoms with Crippen molar-refractivity contribution in [3.63, 3.8) is 0 Å². The summed E-state index contributed by atoms with van der Waals surface area (Å²) in [5, 5.41) is 0. The van der Waals surface area contributed by atoms with Gasteiger partial charge in [0.1, 0.15) is 5.82 Å². The first kappa shape index (κ1) is 15.7. The second-order valence-corrected chi connectivity index (χ2v) is 7.50. The van der Waals surface area contributed by atoms with Crippen LogP contribution in [0.3, 0.4) is 0 Å². The fourth-order valence-corrected chi connectivity index (χ4v) is 4.53. The van der Waals surface area contributed by atoms with E-state index in [9.17, 15) is 12.8 Å². The van der Waals surface area contributed by atoms with Crippen LogP contribution in [0, 0.1) is 11.7 Å². The molecule has 2 rings (SSSR count). The molecule has 0 amide bonds. The van der Waals surface area contributed by atoms with E-state index in [4.69, 9.17) is 11.6 Å². The van der Waals surface area contributed by atoms with Crippen molar-refractivity contribution in [1.82, 2.24) is 4.31 Å². The van der Waals surface area contributed by atoms with Crippen LogP contribution in [0.25, 0.3) is 0 Å². The number of rotatable bonds is 3. The Labute approximate surface area is 124 Å². The Bertz CT molecular complexity index is 577. The topological polar surface area (TPSA) is 37.4 Å². The average Bonchev–Trinajstić information content (AvgIpc) is 2.64. The van der Waals surface area contributed by atoms with Gasteiger partial charge in [-0.15, -0.1) is 11.6 Å². The van der Waals surface area contributed by atoms with Gasteiger partial charge in [-0.25, -0.2) is 12.8 Å². The molecule has 1 aliphatic rings. The van der Waals surface area contributed by atoms with E-state index in [1.807, 2.05) is 0 Å². The molecule has 1 unspecified atom stereocenters. The summed E-state index contributed by atoms with van der Waals surface area (Å²) in [5.41, 5.74) is 0.449. The summed E-state index contributed by atoms with van der Waals surface area (Å²) in [5.74, 6) is 0.0230. The summed E-state index contributed by atoms with van der Waals surface area (Å²) in [7, 11) is -3.67. The summed E-state index contributed by atoms with van der Waals surface area (Å²) in [6, 6.07) is 3.75. The molecule has 1 saturated heterocycles. The van der Waals surface area contributed by atoms with Gasteiger partial charge in [0.05, 0.1) is 4.90 Å². The third-order valence-corrected chi connectivity index (χ3v) is 6.04. The number of hydrogen-bond acceptors (Lipinski definition) is 2. The van der Waals surface area contributed by atoms with Gasteiger partial charge >= 0.3 is 0 Å². The Kier molecular flexibility index (Phi) is 5.04. The van der Waals surface area contributed by atoms with Crippen LogP contribution in [0.15, 0.2) is 23.1 Å². The standard InChI is InChI=1S/C14H19ClFNO2S/c1-11-3-2-7-17(8-6-11)20(18,19)14-9-13(16)5-4-12(14)10-15/h4-5,9,11H,2-3,6-8,10H2,1H3. The minimum absolute atomic E-state index is 0.00190. The van der Waals surface area contributed by atoms with Crippen molar-refractivity contribution in [2.75, 3.05) is 13.1 Å². The van der Waals surface area contributed by atoms with Crippen molar-refractivity contribution in [1.29, 1.82) is 0 Å². The number of sulfonamides is 1. The monoisotopic (exact) mass is 319 g/mol. The van der Waals surface area contributed by atoms with E-state index in [1.165, 1.54) is 16.4 Å². The quantitative estimate of drug-likeness (QED) is 0.801. The van der Waals surface area contributed by atoms with Gasteiger partial charge in [0, 0.05) is 19.0 Å². The Balaban J connectivity index is 2.36. The molecule has 112 valence electrons. The van der Waals surface area contributed by atoms with Gasteiger partial charge in [-0.2, -0.15) is 4.31 Å². The van der Waals surface area contributed by atoms with E-state index in [0.717, 1.165) is 25.3 Å². The molecule has 3 nitrogen and oxygen atoms in total. The largest absolute Gasteiger partial charge is 0.243 e. The predicted octanol–water partition coefficient (Wildman–Crippen LogP) is 3.38. The highest BCUT2D eigenvalue weighted by atomic mass is 35.5. The molecule has 0 radical (unpaired) electrons. The number of benzene rings is 1. The van der Waals surface area contributed by atoms with Gasteiger partial charge in [0.25, 0.3) is 0 Å². The zero-order valence-corrected chi connectivity index (χ0v) is 13.1. The Morgan fingerprint density at radius 2 is 2.10 bits per heavy atom. The first-order valence-electron chi connectivity index (χ1n) is 6.79. The lowest BCUT2D eigenvalue weighted by molar-refractivity contribution is 0.416. The SMILES string of the molecule is CC1CCCN(S(=O)(=O)c2cc(F)ccc2CCl)CC1. The molecule has 20 heavy (non-hydrogen) atoms. The molecule has 1 aromatic carbocycles. The third kappa shape index (κ3) is 3.32. The molecule has 1 fully saturated rings. The first-order valence-corrected chi connectivity index (χ1v) is 8.77. The molecular weight excluding hydrogens is 301 g/mol. The van der Waals surface area contributed by atoms with Gasteiger partial charge in [-0.3, -0.25) is 0 Å². The molecule has 1 atom stereocenters. The van der Waals surface area contributed by atoms with Crippen LogP contribution in [0.2, 0.25) is 0 Å². The minimum Gasteiger partial charge on any atom is -0.207 e. The van der Waals surface area contributed by atoms with Crippen LogP contribution in [-0.4, -0.2) is 25.8 Å². The molecule has 1 aromatic rings. The summed E-state index contributed by atoms with van der Waals surface area (Å²) in [6.07, 6.45) is 2.70. The van der Waals surface area contributed by atoms with Gasteiger partial charge in [-0.05, 0) is 42.9 Å². The fraction of sp³-hybridized carbons (Fsp3) is 0.571. The highest BCUT2D eigenvalue weighted by Gasteiger charge is 2.28. The highest BCUT2D eigenvalue weighted by Crippen LogP contribution is 2.26. The Morgan fingerprint density at radius 3 is 2.80 bits per heavy atom. The molecular formula is C14H19ClFNO2S. The molecule has 0 aliphatic carbocycles. The van der Waals surface area contributed by atoms with Gasteiger partial charge in [0.15, 0.2) is 0 Å². The molecule has 0 saturated carbocycles. The lowest BCUT2D eigenvalue weighted by Crippen LogP contribution is -2.32. The normalized spacial score (nSPS) is 21.6. The van der Waals surface area contributed by atoms with E-state index in [1.54, 1.807) is 0 Å². The summed E-state index contributed by atoms with van der Waals surface area (Å²) in [6.45, 7) is 3.11. The number of nitrogens with zero attached hydrogens (tertiary/aromatic N) is 1. The van der Waals surface area contributed by atoms with Crippen LogP contribution < -0.4 is 0 Å². The lowest BCUT2D eigenvalue weighted by Gasteiger charge is -2.21. The second kappa shape index (κ2) is 6.41. The fourth-order valence-electron chi connectivity index (χ4n) is 2.49. The molecule has 0 spiro atoms. The third-order valence-electron chi connectivity index (χ3n) is 3.77. The second-order valence-electron chi connectivity index (χ2n) is 5.33. The van der Waals surface area contributed by atoms with Crippen LogP contribution in [-0.2, 0) is 15.9 Å².